The Balaban J connectivity index is 2.14. The first-order valence-electron chi connectivity index (χ1n) is 6.88. The molecule has 1 N–H and O–H groups in total. The second-order valence-corrected chi connectivity index (χ2v) is 7.67. The van der Waals surface area contributed by atoms with Crippen LogP contribution in [0.1, 0.15) is 17.9 Å². The molecule has 23 heavy (non-hydrogen) atoms. The lowest BCUT2D eigenvalue weighted by Crippen LogP contribution is -2.32. The molecule has 0 aromatic heterocycles. The Morgan fingerprint density at radius 2 is 1.70 bits per heavy atom. The maximum absolute atomic E-state index is 12.3. The lowest BCUT2D eigenvalue weighted by Gasteiger charge is -2.18. The molecule has 0 fully saturated rings. The van der Waals surface area contributed by atoms with Gasteiger partial charge < -0.3 is 9.90 Å². The van der Waals surface area contributed by atoms with Crippen molar-refractivity contribution in [2.75, 3.05) is 6.54 Å². The highest BCUT2D eigenvalue weighted by Crippen LogP contribution is 2.20. The van der Waals surface area contributed by atoms with Crippen molar-refractivity contribution in [3.63, 3.8) is 0 Å². The molecule has 0 aliphatic rings. The van der Waals surface area contributed by atoms with E-state index in [1.807, 2.05) is 6.07 Å². The van der Waals surface area contributed by atoms with Crippen molar-refractivity contribution in [2.24, 2.45) is 0 Å². The molecule has 2 aromatic carbocycles. The Hall–Kier alpha value is -1.70. The Kier molecular flexibility index (Phi) is 5.92. The summed E-state index contributed by atoms with van der Waals surface area (Å²) in [4.78, 5) is 11.0. The molecular weight excluding hydrogens is 382 g/mol. The summed E-state index contributed by atoms with van der Waals surface area (Å²) in [5.74, 6) is -1.71. The highest BCUT2D eigenvalue weighted by Gasteiger charge is 2.18. The van der Waals surface area contributed by atoms with E-state index in [-0.39, 0.29) is 17.9 Å². The van der Waals surface area contributed by atoms with E-state index in [2.05, 4.69) is 20.7 Å². The van der Waals surface area contributed by atoms with Crippen molar-refractivity contribution in [3.05, 3.63) is 64.6 Å². The number of halogens is 1. The Labute approximate surface area is 143 Å². The molecule has 122 valence electrons. The molecule has 2 rings (SSSR count). The summed E-state index contributed by atoms with van der Waals surface area (Å²) in [6, 6.07) is 15.1. The van der Waals surface area contributed by atoms with Crippen molar-refractivity contribution in [1.82, 2.24) is 4.72 Å². The van der Waals surface area contributed by atoms with Gasteiger partial charge in [0.25, 0.3) is 0 Å². The van der Waals surface area contributed by atoms with Crippen LogP contribution in [-0.4, -0.2) is 20.9 Å². The third kappa shape index (κ3) is 5.16. The molecule has 0 aliphatic carbocycles. The third-order valence-electron chi connectivity index (χ3n) is 3.33. The normalized spacial score (nSPS) is 12.7. The fraction of sp³-hybridized carbons (Fsp3) is 0.188. The number of hydrogen-bond donors (Lipinski definition) is 1. The van der Waals surface area contributed by atoms with Gasteiger partial charge in [-0.15, -0.1) is 0 Å². The van der Waals surface area contributed by atoms with E-state index >= 15 is 0 Å². The van der Waals surface area contributed by atoms with E-state index in [0.29, 0.717) is 0 Å². The zero-order chi connectivity index (χ0) is 16.9. The van der Waals surface area contributed by atoms with E-state index in [9.17, 15) is 18.3 Å². The van der Waals surface area contributed by atoms with E-state index < -0.39 is 21.9 Å². The molecular formula is C16H15BrNO4S-. The highest BCUT2D eigenvalue weighted by molar-refractivity contribution is 9.10. The fourth-order valence-corrected chi connectivity index (χ4v) is 3.49. The molecule has 1 atom stereocenters. The smallest absolute Gasteiger partial charge is 0.240 e. The Morgan fingerprint density at radius 1 is 1.09 bits per heavy atom. The Bertz CT molecular complexity index is 760. The molecule has 0 saturated carbocycles. The minimum atomic E-state index is -3.70. The van der Waals surface area contributed by atoms with Crippen molar-refractivity contribution in [1.29, 1.82) is 0 Å². The molecule has 0 bridgehead atoms. The number of carbonyl (C=O) groups excluding carboxylic acids is 1. The molecule has 7 heteroatoms. The van der Waals surface area contributed by atoms with Gasteiger partial charge in [0.15, 0.2) is 0 Å². The largest absolute Gasteiger partial charge is 0.550 e. The lowest BCUT2D eigenvalue weighted by atomic mass is 9.96. The van der Waals surface area contributed by atoms with Gasteiger partial charge in [0.2, 0.25) is 10.0 Å². The van der Waals surface area contributed by atoms with Crippen molar-refractivity contribution in [3.8, 4) is 0 Å². The lowest BCUT2D eigenvalue weighted by molar-refractivity contribution is -0.306. The maximum atomic E-state index is 12.3. The third-order valence-corrected chi connectivity index (χ3v) is 5.30. The minimum absolute atomic E-state index is 0.0175. The maximum Gasteiger partial charge on any atom is 0.240 e. The van der Waals surface area contributed by atoms with E-state index in [1.54, 1.807) is 36.4 Å². The summed E-state index contributed by atoms with van der Waals surface area (Å²) in [5.41, 5.74) is 0.746. The summed E-state index contributed by atoms with van der Waals surface area (Å²) in [7, 11) is -3.70. The van der Waals surface area contributed by atoms with Gasteiger partial charge in [0.05, 0.1) is 4.90 Å². The van der Waals surface area contributed by atoms with Gasteiger partial charge in [-0.1, -0.05) is 46.3 Å². The quantitative estimate of drug-likeness (QED) is 0.770. The molecule has 0 aliphatic heterocycles. The first-order chi connectivity index (χ1) is 10.9. The monoisotopic (exact) mass is 396 g/mol. The summed E-state index contributed by atoms with van der Waals surface area (Å²) < 4.78 is 27.8. The molecule has 0 amide bonds. The number of hydrogen-bond acceptors (Lipinski definition) is 4. The van der Waals surface area contributed by atoms with Crippen LogP contribution >= 0.6 is 15.9 Å². The topological polar surface area (TPSA) is 86.3 Å². The van der Waals surface area contributed by atoms with Crippen LogP contribution in [0.25, 0.3) is 0 Å². The molecule has 5 nitrogen and oxygen atoms in total. The molecule has 0 spiro atoms. The standard InChI is InChI=1S/C16H16BrNO4S/c17-14-6-8-15(9-7-14)23(21,22)18-11-13(10-16(19)20)12-4-2-1-3-5-12/h1-9,13,18H,10-11H2,(H,19,20)/p-1/t13-/m0/s1. The first kappa shape index (κ1) is 17.7. The van der Waals surface area contributed by atoms with Gasteiger partial charge in [-0.05, 0) is 36.2 Å². The Morgan fingerprint density at radius 3 is 2.26 bits per heavy atom. The number of carbonyl (C=O) groups is 1. The zero-order valence-corrected chi connectivity index (χ0v) is 14.5. The fourth-order valence-electron chi connectivity index (χ4n) is 2.14. The highest BCUT2D eigenvalue weighted by atomic mass is 79.9. The second kappa shape index (κ2) is 7.72. The molecule has 2 aromatic rings. The average molecular weight is 397 g/mol. The van der Waals surface area contributed by atoms with Crippen molar-refractivity contribution < 1.29 is 18.3 Å². The zero-order valence-electron chi connectivity index (χ0n) is 12.1. The first-order valence-corrected chi connectivity index (χ1v) is 9.16. The van der Waals surface area contributed by atoms with Gasteiger partial charge in [-0.25, -0.2) is 13.1 Å². The van der Waals surface area contributed by atoms with E-state index in [0.717, 1.165) is 10.0 Å². The predicted molar refractivity (Wildman–Crippen MR) is 88.1 cm³/mol. The minimum Gasteiger partial charge on any atom is -0.550 e. The number of carboxylic acid groups (broad SMARTS) is 1. The predicted octanol–water partition coefficient (Wildman–Crippen LogP) is 1.65. The van der Waals surface area contributed by atoms with Crippen LogP contribution in [-0.2, 0) is 14.8 Å². The van der Waals surface area contributed by atoms with Crippen LogP contribution in [0.5, 0.6) is 0 Å². The second-order valence-electron chi connectivity index (χ2n) is 4.99. The summed E-state index contributed by atoms with van der Waals surface area (Å²) in [5, 5.41) is 10.9. The van der Waals surface area contributed by atoms with Crippen molar-refractivity contribution >= 4 is 31.9 Å². The SMILES string of the molecule is O=C([O-])C[C@@H](CNS(=O)(=O)c1ccc(Br)cc1)c1ccccc1. The summed E-state index contributed by atoms with van der Waals surface area (Å²) in [6.07, 6.45) is -0.257. The molecule has 0 radical (unpaired) electrons. The average Bonchev–Trinajstić information content (AvgIpc) is 2.52. The van der Waals surface area contributed by atoms with Gasteiger partial charge >= 0.3 is 0 Å². The summed E-state index contributed by atoms with van der Waals surface area (Å²) in [6.45, 7) is -0.0175. The number of aliphatic carboxylic acids is 1. The van der Waals surface area contributed by atoms with Crippen LogP contribution in [0.2, 0.25) is 0 Å². The van der Waals surface area contributed by atoms with Gasteiger partial charge in [-0.3, -0.25) is 0 Å². The van der Waals surface area contributed by atoms with E-state index in [4.69, 9.17) is 0 Å². The molecule has 0 heterocycles. The number of rotatable bonds is 7. The van der Waals surface area contributed by atoms with Crippen LogP contribution in [0.3, 0.4) is 0 Å². The number of sulfonamides is 1. The van der Waals surface area contributed by atoms with Crippen LogP contribution in [0.4, 0.5) is 0 Å². The van der Waals surface area contributed by atoms with Gasteiger partial charge in [0.1, 0.15) is 0 Å². The van der Waals surface area contributed by atoms with Crippen molar-refractivity contribution in [2.45, 2.75) is 17.2 Å². The van der Waals surface area contributed by atoms with E-state index in [1.165, 1.54) is 12.1 Å². The number of nitrogens with one attached hydrogen (secondary N) is 1. The molecule has 0 unspecified atom stereocenters. The van der Waals surface area contributed by atoms with Gasteiger partial charge in [-0.2, -0.15) is 0 Å². The number of benzene rings is 2. The summed E-state index contributed by atoms with van der Waals surface area (Å²) >= 11 is 3.24. The van der Waals surface area contributed by atoms with Crippen LogP contribution in [0, 0.1) is 0 Å². The van der Waals surface area contributed by atoms with Gasteiger partial charge in [0, 0.05) is 22.9 Å². The molecule has 0 saturated heterocycles. The number of carboxylic acids is 1. The van der Waals surface area contributed by atoms with Crippen LogP contribution in [0.15, 0.2) is 64.0 Å². The van der Waals surface area contributed by atoms with Crippen LogP contribution < -0.4 is 9.83 Å².